The molecule has 0 bridgehead atoms. The number of carbonyl (C=O) groups excluding carboxylic acids is 2. The quantitative estimate of drug-likeness (QED) is 0.596. The van der Waals surface area contributed by atoms with Gasteiger partial charge in [-0.05, 0) is 19.8 Å². The van der Waals surface area contributed by atoms with E-state index in [1.165, 1.54) is 6.08 Å². The van der Waals surface area contributed by atoms with Crippen LogP contribution in [0.4, 0.5) is 0 Å². The maximum atomic E-state index is 12.0. The van der Waals surface area contributed by atoms with Crippen LogP contribution in [0.15, 0.2) is 11.6 Å². The number of hydrogen-bond acceptors (Lipinski definition) is 3. The van der Waals surface area contributed by atoms with Gasteiger partial charge in [-0.25, -0.2) is 4.79 Å². The molecule has 5 heteroatoms. The van der Waals surface area contributed by atoms with Crippen molar-refractivity contribution in [3.63, 3.8) is 0 Å². The van der Waals surface area contributed by atoms with Crippen molar-refractivity contribution < 1.29 is 19.5 Å². The Morgan fingerprint density at radius 2 is 1.78 bits per heavy atom. The molecule has 18 heavy (non-hydrogen) atoms. The fraction of sp³-hybridized carbons (Fsp3) is 0.615. The molecule has 0 aromatic carbocycles. The molecular weight excluding hydrogens is 234 g/mol. The first-order chi connectivity index (χ1) is 8.49. The number of carboxylic acid groups (broad SMARTS) is 1. The van der Waals surface area contributed by atoms with Crippen LogP contribution >= 0.6 is 0 Å². The zero-order valence-electron chi connectivity index (χ0n) is 10.4. The van der Waals surface area contributed by atoms with Gasteiger partial charge in [-0.3, -0.25) is 14.5 Å². The zero-order chi connectivity index (χ0) is 13.3. The lowest BCUT2D eigenvalue weighted by Crippen LogP contribution is -2.57. The molecule has 0 aromatic heterocycles. The van der Waals surface area contributed by atoms with E-state index in [2.05, 4.69) is 0 Å². The summed E-state index contributed by atoms with van der Waals surface area (Å²) in [6, 6.07) is 0. The molecule has 2 amide bonds. The molecule has 5 nitrogen and oxygen atoms in total. The smallest absolute Gasteiger partial charge is 0.330 e. The first-order valence-corrected chi connectivity index (χ1v) is 6.29. The summed E-state index contributed by atoms with van der Waals surface area (Å²) >= 11 is 0. The highest BCUT2D eigenvalue weighted by Gasteiger charge is 2.51. The van der Waals surface area contributed by atoms with Crippen LogP contribution in [-0.4, -0.2) is 33.3 Å². The number of rotatable bonds is 2. The standard InChI is InChI=1S/C13H17NO4/c1-9-8-10(15)14(11(9)16)13(12(17)18)6-4-2-3-5-7-13/h8H,2-7H2,1H3,(H,17,18). The van der Waals surface area contributed by atoms with Crippen LogP contribution in [0.2, 0.25) is 0 Å². The number of hydrogen-bond donors (Lipinski definition) is 1. The maximum Gasteiger partial charge on any atom is 0.330 e. The van der Waals surface area contributed by atoms with E-state index < -0.39 is 23.3 Å². The second-order valence-corrected chi connectivity index (χ2v) is 5.06. The molecule has 0 atom stereocenters. The van der Waals surface area contributed by atoms with Crippen molar-refractivity contribution in [2.24, 2.45) is 0 Å². The van der Waals surface area contributed by atoms with Gasteiger partial charge >= 0.3 is 5.97 Å². The Hall–Kier alpha value is -1.65. The van der Waals surface area contributed by atoms with E-state index in [9.17, 15) is 19.5 Å². The summed E-state index contributed by atoms with van der Waals surface area (Å²) in [6.07, 6.45) is 5.35. The number of nitrogens with zero attached hydrogens (tertiary/aromatic N) is 1. The molecule has 1 N–H and O–H groups in total. The Morgan fingerprint density at radius 3 is 2.17 bits per heavy atom. The lowest BCUT2D eigenvalue weighted by atomic mass is 9.88. The Morgan fingerprint density at radius 1 is 1.22 bits per heavy atom. The first-order valence-electron chi connectivity index (χ1n) is 6.29. The summed E-state index contributed by atoms with van der Waals surface area (Å²) in [5, 5.41) is 9.53. The van der Waals surface area contributed by atoms with Gasteiger partial charge in [-0.2, -0.15) is 0 Å². The van der Waals surface area contributed by atoms with Crippen LogP contribution < -0.4 is 0 Å². The van der Waals surface area contributed by atoms with E-state index in [1.54, 1.807) is 6.92 Å². The van der Waals surface area contributed by atoms with Crippen molar-refractivity contribution in [2.75, 3.05) is 0 Å². The van der Waals surface area contributed by atoms with Crippen molar-refractivity contribution >= 4 is 17.8 Å². The Bertz CT molecular complexity index is 430. The third kappa shape index (κ3) is 1.83. The average molecular weight is 251 g/mol. The van der Waals surface area contributed by atoms with E-state index in [1.807, 2.05) is 0 Å². The predicted molar refractivity (Wildman–Crippen MR) is 63.7 cm³/mol. The summed E-state index contributed by atoms with van der Waals surface area (Å²) in [6.45, 7) is 1.55. The molecule has 2 rings (SSSR count). The van der Waals surface area contributed by atoms with Crippen molar-refractivity contribution in [2.45, 2.75) is 51.0 Å². The first kappa shape index (κ1) is 12.8. The average Bonchev–Trinajstić information content (AvgIpc) is 2.53. The molecule has 1 heterocycles. The normalized spacial score (nSPS) is 23.8. The minimum Gasteiger partial charge on any atom is -0.479 e. The minimum atomic E-state index is -1.33. The highest BCUT2D eigenvalue weighted by atomic mass is 16.4. The Kier molecular flexibility index (Phi) is 3.24. The molecule has 0 unspecified atom stereocenters. The molecule has 0 spiro atoms. The molecule has 1 aliphatic heterocycles. The Labute approximate surface area is 105 Å². The van der Waals surface area contributed by atoms with E-state index in [-0.39, 0.29) is 0 Å². The number of imide groups is 1. The highest BCUT2D eigenvalue weighted by Crippen LogP contribution is 2.36. The van der Waals surface area contributed by atoms with Crippen molar-refractivity contribution in [3.8, 4) is 0 Å². The van der Waals surface area contributed by atoms with Gasteiger partial charge in [0, 0.05) is 11.6 Å². The highest BCUT2D eigenvalue weighted by molar-refractivity contribution is 6.18. The van der Waals surface area contributed by atoms with Gasteiger partial charge in [0.25, 0.3) is 11.8 Å². The van der Waals surface area contributed by atoms with Gasteiger partial charge < -0.3 is 5.11 Å². The fourth-order valence-corrected chi connectivity index (χ4v) is 2.84. The van der Waals surface area contributed by atoms with Crippen LogP contribution in [-0.2, 0) is 14.4 Å². The Balaban J connectivity index is 2.39. The van der Waals surface area contributed by atoms with Crippen molar-refractivity contribution in [3.05, 3.63) is 11.6 Å². The largest absolute Gasteiger partial charge is 0.479 e. The number of amides is 2. The summed E-state index contributed by atoms with van der Waals surface area (Å²) in [5.41, 5.74) is -1.01. The monoisotopic (exact) mass is 251 g/mol. The van der Waals surface area contributed by atoms with Gasteiger partial charge in [0.05, 0.1) is 0 Å². The predicted octanol–water partition coefficient (Wildman–Crippen LogP) is 1.48. The van der Waals surface area contributed by atoms with Crippen LogP contribution in [0.3, 0.4) is 0 Å². The molecule has 1 fully saturated rings. The SMILES string of the molecule is CC1=CC(=O)N(C2(C(=O)O)CCCCCC2)C1=O. The third-order valence-electron chi connectivity index (χ3n) is 3.86. The van der Waals surface area contributed by atoms with E-state index in [4.69, 9.17) is 0 Å². The lowest BCUT2D eigenvalue weighted by molar-refractivity contribution is -0.163. The van der Waals surface area contributed by atoms with Crippen molar-refractivity contribution in [1.82, 2.24) is 4.90 Å². The second kappa shape index (κ2) is 4.55. The second-order valence-electron chi connectivity index (χ2n) is 5.06. The van der Waals surface area contributed by atoms with E-state index >= 15 is 0 Å². The molecule has 0 radical (unpaired) electrons. The van der Waals surface area contributed by atoms with Gasteiger partial charge in [-0.1, -0.05) is 25.7 Å². The summed E-state index contributed by atoms with van der Waals surface area (Å²) in [4.78, 5) is 36.5. The summed E-state index contributed by atoms with van der Waals surface area (Å²) in [7, 11) is 0. The van der Waals surface area contributed by atoms with Gasteiger partial charge in [0.2, 0.25) is 0 Å². The minimum absolute atomic E-state index is 0.324. The number of carbonyl (C=O) groups is 3. The van der Waals surface area contributed by atoms with Crippen LogP contribution in [0.5, 0.6) is 0 Å². The molecule has 1 aliphatic carbocycles. The number of aliphatic carboxylic acids is 1. The van der Waals surface area contributed by atoms with Crippen LogP contribution in [0.25, 0.3) is 0 Å². The van der Waals surface area contributed by atoms with Crippen molar-refractivity contribution in [1.29, 1.82) is 0 Å². The van der Waals surface area contributed by atoms with Crippen LogP contribution in [0.1, 0.15) is 45.4 Å². The topological polar surface area (TPSA) is 74.7 Å². The van der Waals surface area contributed by atoms with E-state index in [0.29, 0.717) is 18.4 Å². The summed E-state index contributed by atoms with van der Waals surface area (Å²) < 4.78 is 0. The molecule has 0 saturated heterocycles. The molecule has 0 aromatic rings. The van der Waals surface area contributed by atoms with E-state index in [0.717, 1.165) is 30.6 Å². The molecular formula is C13H17NO4. The fourth-order valence-electron chi connectivity index (χ4n) is 2.84. The van der Waals surface area contributed by atoms with Crippen LogP contribution in [0, 0.1) is 0 Å². The van der Waals surface area contributed by atoms with Gasteiger partial charge in [0.15, 0.2) is 0 Å². The third-order valence-corrected chi connectivity index (χ3v) is 3.86. The van der Waals surface area contributed by atoms with Gasteiger partial charge in [-0.15, -0.1) is 0 Å². The van der Waals surface area contributed by atoms with Gasteiger partial charge in [0.1, 0.15) is 5.54 Å². The molecule has 98 valence electrons. The molecule has 1 saturated carbocycles. The maximum absolute atomic E-state index is 12.0. The number of carboxylic acids is 1. The zero-order valence-corrected chi connectivity index (χ0v) is 10.4. The molecule has 2 aliphatic rings. The summed E-state index contributed by atoms with van der Waals surface area (Å²) in [5.74, 6) is -2.00. The lowest BCUT2D eigenvalue weighted by Gasteiger charge is -2.36.